The van der Waals surface area contributed by atoms with Crippen LogP contribution in [0.4, 0.5) is 5.69 Å². The van der Waals surface area contributed by atoms with Crippen molar-refractivity contribution in [3.05, 3.63) is 68.8 Å². The number of aliphatic hydroxyl groups is 1. The quantitative estimate of drug-likeness (QED) is 0.633. The molecule has 0 spiro atoms. The number of nitro groups is 1. The first-order chi connectivity index (χ1) is 12.3. The summed E-state index contributed by atoms with van der Waals surface area (Å²) in [5.41, 5.74) is 5.38. The molecule has 1 saturated carbocycles. The van der Waals surface area contributed by atoms with E-state index in [4.69, 9.17) is 10.5 Å². The molecule has 0 saturated heterocycles. The van der Waals surface area contributed by atoms with Crippen LogP contribution in [-0.4, -0.2) is 15.8 Å². The van der Waals surface area contributed by atoms with Crippen LogP contribution in [0.25, 0.3) is 0 Å². The highest BCUT2D eigenvalue weighted by Gasteiger charge is 2.71. The van der Waals surface area contributed by atoms with Crippen LogP contribution in [0.1, 0.15) is 46.3 Å². The lowest BCUT2D eigenvalue weighted by Crippen LogP contribution is -2.55. The van der Waals surface area contributed by atoms with Crippen LogP contribution < -0.4 is 10.5 Å². The zero-order chi connectivity index (χ0) is 18.4. The van der Waals surface area contributed by atoms with Crippen molar-refractivity contribution in [1.82, 2.24) is 0 Å². The number of Topliss-reactive ketones (excluding diaryl/α,β-unsaturated/α-hetero) is 1. The third-order valence-corrected chi connectivity index (χ3v) is 5.94. The van der Waals surface area contributed by atoms with E-state index in [1.54, 1.807) is 12.1 Å². The lowest BCUT2D eigenvalue weighted by atomic mass is 9.83. The average Bonchev–Trinajstić information content (AvgIpc) is 3.26. The molecule has 3 unspecified atom stereocenters. The average molecular weight is 352 g/mol. The fourth-order valence-corrected chi connectivity index (χ4v) is 4.36. The number of hydrogen-bond acceptors (Lipinski definition) is 6. The summed E-state index contributed by atoms with van der Waals surface area (Å²) in [6.07, 6.45) is 1.07. The number of hydrogen-bond donors (Lipinski definition) is 2. The van der Waals surface area contributed by atoms with Crippen LogP contribution in [-0.2, 0) is 11.3 Å². The van der Waals surface area contributed by atoms with Crippen molar-refractivity contribution in [1.29, 1.82) is 0 Å². The van der Waals surface area contributed by atoms with E-state index in [9.17, 15) is 20.0 Å². The topological polar surface area (TPSA) is 116 Å². The van der Waals surface area contributed by atoms with Crippen molar-refractivity contribution in [2.75, 3.05) is 0 Å². The first-order valence-electron chi connectivity index (χ1n) is 8.46. The number of rotatable bonds is 2. The molecule has 1 heterocycles. The summed E-state index contributed by atoms with van der Waals surface area (Å²) >= 11 is 0. The molecular formula is C19H16N2O5. The number of carbonyl (C=O) groups excluding carboxylic acids is 1. The Balaban J connectivity index is 1.73. The molecule has 4 atom stereocenters. The summed E-state index contributed by atoms with van der Waals surface area (Å²) in [5, 5.41) is 22.7. The van der Waals surface area contributed by atoms with Gasteiger partial charge >= 0.3 is 0 Å². The van der Waals surface area contributed by atoms with Crippen molar-refractivity contribution in [2.45, 2.75) is 30.6 Å². The van der Waals surface area contributed by atoms with Gasteiger partial charge in [-0.05, 0) is 29.9 Å². The minimum absolute atomic E-state index is 0.0229. The van der Waals surface area contributed by atoms with E-state index in [-0.39, 0.29) is 16.8 Å². The van der Waals surface area contributed by atoms with Gasteiger partial charge in [0.05, 0.1) is 4.92 Å². The Morgan fingerprint density at radius 1 is 1.35 bits per heavy atom. The number of ether oxygens (including phenoxy) is 1. The van der Waals surface area contributed by atoms with Crippen molar-refractivity contribution < 1.29 is 19.6 Å². The maximum atomic E-state index is 13.0. The van der Waals surface area contributed by atoms with E-state index in [1.165, 1.54) is 18.2 Å². The van der Waals surface area contributed by atoms with Crippen LogP contribution in [0.3, 0.4) is 0 Å². The summed E-state index contributed by atoms with van der Waals surface area (Å²) in [6, 6.07) is 9.44. The molecule has 1 fully saturated rings. The van der Waals surface area contributed by atoms with Crippen molar-refractivity contribution in [2.24, 2.45) is 11.7 Å². The number of fused-ring (bicyclic) bond motifs is 5. The third-order valence-electron chi connectivity index (χ3n) is 5.94. The Labute approximate surface area is 148 Å². The second kappa shape index (κ2) is 4.49. The number of nitrogens with zero attached hydrogens (tertiary/aromatic N) is 1. The highest BCUT2D eigenvalue weighted by molar-refractivity contribution is 6.11. The fourth-order valence-electron chi connectivity index (χ4n) is 4.36. The van der Waals surface area contributed by atoms with Gasteiger partial charge in [-0.1, -0.05) is 31.2 Å². The van der Waals surface area contributed by atoms with Gasteiger partial charge in [0.15, 0.2) is 11.3 Å². The second-order valence-electron chi connectivity index (χ2n) is 7.42. The Morgan fingerprint density at radius 2 is 2.08 bits per heavy atom. The van der Waals surface area contributed by atoms with Gasteiger partial charge in [-0.3, -0.25) is 14.9 Å². The largest absolute Gasteiger partial charge is 0.455 e. The zero-order valence-electron chi connectivity index (χ0n) is 13.9. The smallest absolute Gasteiger partial charge is 0.280 e. The van der Waals surface area contributed by atoms with E-state index in [2.05, 4.69) is 6.92 Å². The van der Waals surface area contributed by atoms with Crippen LogP contribution in [0.5, 0.6) is 5.75 Å². The molecule has 2 aliphatic carbocycles. The standard InChI is InChI=1S/C19H16N2O5/c1-9-7-12(9)10-5-6-13-15(8-10)26-19(23)16-11(17(22)18(13,19)20)3-2-4-14(16)21(24)25/h2-6,8-9,12,23H,7,20H2,1H3/t9-,12?,18?,19?/m0/s1. The number of ketones is 1. The van der Waals surface area contributed by atoms with E-state index < -0.39 is 22.0 Å². The van der Waals surface area contributed by atoms with Gasteiger partial charge in [0, 0.05) is 17.2 Å². The van der Waals surface area contributed by atoms with E-state index >= 15 is 0 Å². The predicted molar refractivity (Wildman–Crippen MR) is 90.8 cm³/mol. The van der Waals surface area contributed by atoms with Crippen molar-refractivity contribution >= 4 is 11.5 Å². The first kappa shape index (κ1) is 15.5. The molecule has 132 valence electrons. The highest BCUT2D eigenvalue weighted by atomic mass is 16.6. The number of nitro benzene ring substituents is 1. The van der Waals surface area contributed by atoms with Gasteiger partial charge in [0.1, 0.15) is 11.3 Å². The minimum Gasteiger partial charge on any atom is -0.455 e. The van der Waals surface area contributed by atoms with Gasteiger partial charge in [0.25, 0.3) is 11.5 Å². The SMILES string of the molecule is C[C@H]1CC1c1ccc2c(c1)OC1(O)c3c(cccc3[N+](=O)[O-])C(=O)C21N. The first-order valence-corrected chi connectivity index (χ1v) is 8.46. The highest BCUT2D eigenvalue weighted by Crippen LogP contribution is 2.59. The number of carbonyl (C=O) groups is 1. The normalized spacial score (nSPS) is 33.3. The minimum atomic E-state index is -2.29. The number of nitrogens with two attached hydrogens (primary N) is 1. The summed E-state index contributed by atoms with van der Waals surface area (Å²) < 4.78 is 5.77. The molecule has 3 aliphatic rings. The second-order valence-corrected chi connectivity index (χ2v) is 7.42. The van der Waals surface area contributed by atoms with Crippen molar-refractivity contribution in [3.8, 4) is 5.75 Å². The molecule has 0 aromatic heterocycles. The molecule has 26 heavy (non-hydrogen) atoms. The van der Waals surface area contributed by atoms with E-state index in [0.717, 1.165) is 12.0 Å². The molecular weight excluding hydrogens is 336 g/mol. The Kier molecular flexibility index (Phi) is 2.67. The summed E-state index contributed by atoms with van der Waals surface area (Å²) in [7, 11) is 0. The zero-order valence-corrected chi connectivity index (χ0v) is 13.9. The Morgan fingerprint density at radius 3 is 2.73 bits per heavy atom. The maximum Gasteiger partial charge on any atom is 0.280 e. The molecule has 0 bridgehead atoms. The molecule has 3 N–H and O–H groups in total. The fraction of sp³-hybridized carbons (Fsp3) is 0.316. The van der Waals surface area contributed by atoms with Gasteiger partial charge in [-0.25, -0.2) is 0 Å². The van der Waals surface area contributed by atoms with E-state index in [0.29, 0.717) is 23.1 Å². The molecule has 7 heteroatoms. The molecule has 2 aromatic rings. The van der Waals surface area contributed by atoms with Gasteiger partial charge < -0.3 is 15.6 Å². The molecule has 2 aromatic carbocycles. The summed E-state index contributed by atoms with van der Waals surface area (Å²) in [5.74, 6) is -1.56. The Bertz CT molecular complexity index is 1020. The van der Waals surface area contributed by atoms with Gasteiger partial charge in [-0.2, -0.15) is 0 Å². The molecule has 7 nitrogen and oxygen atoms in total. The van der Waals surface area contributed by atoms with E-state index in [1.807, 2.05) is 6.07 Å². The van der Waals surface area contributed by atoms with Crippen LogP contribution >= 0.6 is 0 Å². The molecule has 5 rings (SSSR count). The number of benzene rings is 2. The monoisotopic (exact) mass is 352 g/mol. The maximum absolute atomic E-state index is 13.0. The summed E-state index contributed by atoms with van der Waals surface area (Å²) in [6.45, 7) is 2.15. The third kappa shape index (κ3) is 1.58. The van der Waals surface area contributed by atoms with Crippen molar-refractivity contribution in [3.63, 3.8) is 0 Å². The molecule has 1 aliphatic heterocycles. The summed E-state index contributed by atoms with van der Waals surface area (Å²) in [4.78, 5) is 23.8. The molecule has 0 amide bonds. The van der Waals surface area contributed by atoms with Gasteiger partial charge in [-0.15, -0.1) is 0 Å². The lowest BCUT2D eigenvalue weighted by molar-refractivity contribution is -0.388. The van der Waals surface area contributed by atoms with Crippen LogP contribution in [0.15, 0.2) is 36.4 Å². The van der Waals surface area contributed by atoms with Crippen LogP contribution in [0, 0.1) is 16.0 Å². The molecule has 0 radical (unpaired) electrons. The van der Waals surface area contributed by atoms with Crippen LogP contribution in [0.2, 0.25) is 0 Å². The Hall–Kier alpha value is -2.77. The lowest BCUT2D eigenvalue weighted by Gasteiger charge is -2.29. The van der Waals surface area contributed by atoms with Gasteiger partial charge in [0.2, 0.25) is 0 Å². The predicted octanol–water partition coefficient (Wildman–Crippen LogP) is 2.31.